The third-order valence-electron chi connectivity index (χ3n) is 3.28. The van der Waals surface area contributed by atoms with E-state index in [0.717, 1.165) is 29.6 Å². The number of H-pyrrole nitrogens is 1. The zero-order chi connectivity index (χ0) is 11.7. The van der Waals surface area contributed by atoms with Gasteiger partial charge in [-0.25, -0.2) is 4.98 Å². The van der Waals surface area contributed by atoms with Crippen LogP contribution in [0.25, 0.3) is 11.0 Å². The van der Waals surface area contributed by atoms with E-state index in [9.17, 15) is 0 Å². The molecule has 0 amide bonds. The number of anilines is 1. The molecule has 5 heteroatoms. The number of nitrogens with one attached hydrogen (secondary N) is 2. The van der Waals surface area contributed by atoms with E-state index in [1.54, 1.807) is 6.20 Å². The topological polar surface area (TPSA) is 73.8 Å². The largest absolute Gasteiger partial charge is 0.395 e. The van der Waals surface area contributed by atoms with E-state index in [1.807, 2.05) is 0 Å². The summed E-state index contributed by atoms with van der Waals surface area (Å²) in [6.07, 6.45) is 6.29. The summed E-state index contributed by atoms with van der Waals surface area (Å²) >= 11 is 0. The van der Waals surface area contributed by atoms with Crippen molar-refractivity contribution < 1.29 is 5.11 Å². The van der Waals surface area contributed by atoms with Crippen molar-refractivity contribution in [3.8, 4) is 0 Å². The second-order valence-corrected chi connectivity index (χ2v) is 4.40. The first-order chi connectivity index (χ1) is 8.40. The molecule has 0 saturated heterocycles. The first-order valence-electron chi connectivity index (χ1n) is 6.09. The molecular formula is C12H16N4O. The van der Waals surface area contributed by atoms with Gasteiger partial charge in [-0.05, 0) is 31.2 Å². The van der Waals surface area contributed by atoms with Crippen molar-refractivity contribution in [1.29, 1.82) is 0 Å². The van der Waals surface area contributed by atoms with Gasteiger partial charge in [0.2, 0.25) is 0 Å². The second-order valence-electron chi connectivity index (χ2n) is 4.40. The summed E-state index contributed by atoms with van der Waals surface area (Å²) in [7, 11) is 0. The third-order valence-corrected chi connectivity index (χ3v) is 3.28. The fourth-order valence-corrected chi connectivity index (χ4v) is 2.50. The molecule has 1 aliphatic carbocycles. The highest BCUT2D eigenvalue weighted by Crippen LogP contribution is 2.31. The van der Waals surface area contributed by atoms with Crippen LogP contribution in [0.4, 0.5) is 5.69 Å². The van der Waals surface area contributed by atoms with Crippen LogP contribution in [0.1, 0.15) is 24.1 Å². The van der Waals surface area contributed by atoms with Crippen molar-refractivity contribution in [1.82, 2.24) is 15.2 Å². The van der Waals surface area contributed by atoms with Crippen LogP contribution in [0.2, 0.25) is 0 Å². The molecule has 17 heavy (non-hydrogen) atoms. The first kappa shape index (κ1) is 10.5. The Hall–Kier alpha value is -1.62. The highest BCUT2D eigenvalue weighted by Gasteiger charge is 2.18. The van der Waals surface area contributed by atoms with Crippen LogP contribution in [0, 0.1) is 0 Å². The summed E-state index contributed by atoms with van der Waals surface area (Å²) in [6, 6.07) is 0. The molecule has 0 bridgehead atoms. The molecule has 5 nitrogen and oxygen atoms in total. The smallest absolute Gasteiger partial charge is 0.110 e. The maximum atomic E-state index is 8.95. The molecule has 0 saturated carbocycles. The number of aromatic nitrogens is 3. The number of nitrogens with zero attached hydrogens (tertiary/aromatic N) is 2. The SMILES string of the molecule is OCCNc1c2c(nc3cn[nH]c13)CCCC2. The second kappa shape index (κ2) is 4.33. The Balaban J connectivity index is 2.15. The number of hydrogen-bond acceptors (Lipinski definition) is 4. The van der Waals surface area contributed by atoms with Crippen LogP contribution < -0.4 is 5.32 Å². The van der Waals surface area contributed by atoms with Gasteiger partial charge < -0.3 is 10.4 Å². The van der Waals surface area contributed by atoms with E-state index in [0.29, 0.717) is 6.54 Å². The van der Waals surface area contributed by atoms with E-state index < -0.39 is 0 Å². The lowest BCUT2D eigenvalue weighted by atomic mass is 9.94. The van der Waals surface area contributed by atoms with Gasteiger partial charge in [0, 0.05) is 12.2 Å². The number of aliphatic hydroxyl groups excluding tert-OH is 1. The molecule has 0 radical (unpaired) electrons. The molecule has 0 atom stereocenters. The van der Waals surface area contributed by atoms with E-state index >= 15 is 0 Å². The Morgan fingerprint density at radius 1 is 1.35 bits per heavy atom. The lowest BCUT2D eigenvalue weighted by molar-refractivity contribution is 0.311. The van der Waals surface area contributed by atoms with Crippen LogP contribution in [-0.2, 0) is 12.8 Å². The number of fused-ring (bicyclic) bond motifs is 2. The lowest BCUT2D eigenvalue weighted by Gasteiger charge is -2.19. The Morgan fingerprint density at radius 2 is 2.24 bits per heavy atom. The molecular weight excluding hydrogens is 216 g/mol. The molecule has 0 unspecified atom stereocenters. The number of aliphatic hydroxyl groups is 1. The van der Waals surface area contributed by atoms with Gasteiger partial charge in [0.05, 0.1) is 18.5 Å². The zero-order valence-corrected chi connectivity index (χ0v) is 9.66. The maximum absolute atomic E-state index is 8.95. The normalized spacial score (nSPS) is 14.9. The Morgan fingerprint density at radius 3 is 3.12 bits per heavy atom. The van der Waals surface area contributed by atoms with E-state index in [1.165, 1.54) is 24.1 Å². The molecule has 90 valence electrons. The standard InChI is InChI=1S/C12H16N4O/c17-6-5-13-11-8-3-1-2-4-9(8)15-10-7-14-16-12(10)11/h7,17H,1-6H2,(H,13,15)(H,14,16). The van der Waals surface area contributed by atoms with Gasteiger partial charge in [0.1, 0.15) is 11.0 Å². The zero-order valence-electron chi connectivity index (χ0n) is 9.66. The quantitative estimate of drug-likeness (QED) is 0.744. The van der Waals surface area contributed by atoms with Gasteiger partial charge in [-0.1, -0.05) is 0 Å². The first-order valence-corrected chi connectivity index (χ1v) is 6.09. The minimum absolute atomic E-state index is 0.132. The van der Waals surface area contributed by atoms with Crippen LogP contribution in [0.5, 0.6) is 0 Å². The number of rotatable bonds is 3. The van der Waals surface area contributed by atoms with Crippen molar-refractivity contribution in [3.63, 3.8) is 0 Å². The van der Waals surface area contributed by atoms with Crippen molar-refractivity contribution in [3.05, 3.63) is 17.5 Å². The fraction of sp³-hybridized carbons (Fsp3) is 0.500. The van der Waals surface area contributed by atoms with Crippen LogP contribution >= 0.6 is 0 Å². The fourth-order valence-electron chi connectivity index (χ4n) is 2.50. The average Bonchev–Trinajstić information content (AvgIpc) is 2.82. The molecule has 3 rings (SSSR count). The average molecular weight is 232 g/mol. The number of pyridine rings is 1. The summed E-state index contributed by atoms with van der Waals surface area (Å²) in [4.78, 5) is 4.65. The maximum Gasteiger partial charge on any atom is 0.110 e. The molecule has 2 heterocycles. The molecule has 0 aliphatic heterocycles. The monoisotopic (exact) mass is 232 g/mol. The molecule has 0 spiro atoms. The molecule has 1 aliphatic rings. The van der Waals surface area contributed by atoms with Gasteiger partial charge in [-0.2, -0.15) is 5.10 Å². The summed E-state index contributed by atoms with van der Waals surface area (Å²) in [6.45, 7) is 0.692. The predicted octanol–water partition coefficient (Wildman–Crippen LogP) is 1.24. The molecule has 0 aromatic carbocycles. The Kier molecular flexibility index (Phi) is 2.68. The molecule has 2 aromatic rings. The minimum atomic E-state index is 0.132. The summed E-state index contributed by atoms with van der Waals surface area (Å²) < 4.78 is 0. The number of hydrogen-bond donors (Lipinski definition) is 3. The van der Waals surface area contributed by atoms with Gasteiger partial charge in [0.25, 0.3) is 0 Å². The molecule has 3 N–H and O–H groups in total. The Labute approximate surface area is 99.3 Å². The van der Waals surface area contributed by atoms with E-state index in [4.69, 9.17) is 5.11 Å². The summed E-state index contributed by atoms with van der Waals surface area (Å²) in [5, 5.41) is 19.3. The van der Waals surface area contributed by atoms with Crippen molar-refractivity contribution in [2.24, 2.45) is 0 Å². The molecule has 2 aromatic heterocycles. The number of aryl methyl sites for hydroxylation is 1. The minimum Gasteiger partial charge on any atom is -0.395 e. The van der Waals surface area contributed by atoms with Gasteiger partial charge >= 0.3 is 0 Å². The van der Waals surface area contributed by atoms with Gasteiger partial charge in [0.15, 0.2) is 0 Å². The van der Waals surface area contributed by atoms with E-state index in [2.05, 4.69) is 20.5 Å². The van der Waals surface area contributed by atoms with Crippen LogP contribution in [0.3, 0.4) is 0 Å². The van der Waals surface area contributed by atoms with Crippen LogP contribution in [0.15, 0.2) is 6.20 Å². The number of aromatic amines is 1. The van der Waals surface area contributed by atoms with Gasteiger partial charge in [-0.15, -0.1) is 0 Å². The van der Waals surface area contributed by atoms with Crippen molar-refractivity contribution in [2.45, 2.75) is 25.7 Å². The van der Waals surface area contributed by atoms with Gasteiger partial charge in [-0.3, -0.25) is 5.10 Å². The lowest BCUT2D eigenvalue weighted by Crippen LogP contribution is -2.13. The van der Waals surface area contributed by atoms with Crippen molar-refractivity contribution in [2.75, 3.05) is 18.5 Å². The highest BCUT2D eigenvalue weighted by atomic mass is 16.3. The highest BCUT2D eigenvalue weighted by molar-refractivity contribution is 5.89. The summed E-state index contributed by atoms with van der Waals surface area (Å²) in [5.41, 5.74) is 5.42. The van der Waals surface area contributed by atoms with Crippen LogP contribution in [-0.4, -0.2) is 33.4 Å². The third kappa shape index (κ3) is 1.76. The molecule has 0 fully saturated rings. The summed E-state index contributed by atoms with van der Waals surface area (Å²) in [5.74, 6) is 0. The van der Waals surface area contributed by atoms with E-state index in [-0.39, 0.29) is 6.61 Å². The van der Waals surface area contributed by atoms with Crippen molar-refractivity contribution >= 4 is 16.7 Å². The predicted molar refractivity (Wildman–Crippen MR) is 66.1 cm³/mol. The Bertz CT molecular complexity index is 535.